The van der Waals surface area contributed by atoms with Crippen molar-refractivity contribution < 1.29 is 13.3 Å². The summed E-state index contributed by atoms with van der Waals surface area (Å²) in [6.07, 6.45) is 0. The van der Waals surface area contributed by atoms with Gasteiger partial charge < -0.3 is 10.3 Å². The number of hydrogen-bond acceptors (Lipinski definition) is 5. The molecule has 0 aliphatic rings. The zero-order valence-electron chi connectivity index (χ0n) is 10.4. The molecule has 0 bridgehead atoms. The quantitative estimate of drug-likeness (QED) is 0.888. The minimum Gasteiger partial charge on any atom is -0.338 e. The van der Waals surface area contributed by atoms with Crippen LogP contribution in [0.2, 0.25) is 0 Å². The molecule has 0 amide bonds. The predicted octanol–water partition coefficient (Wildman–Crippen LogP) is 1.44. The van der Waals surface area contributed by atoms with Gasteiger partial charge in [0.05, 0.1) is 13.1 Å². The molecule has 0 saturated heterocycles. The van der Waals surface area contributed by atoms with Gasteiger partial charge in [0, 0.05) is 18.2 Å². The van der Waals surface area contributed by atoms with Crippen molar-refractivity contribution in [3.63, 3.8) is 0 Å². The summed E-state index contributed by atoms with van der Waals surface area (Å²) < 4.78 is 31.1. The fourth-order valence-corrected chi connectivity index (χ4v) is 1.68. The van der Waals surface area contributed by atoms with Crippen LogP contribution in [-0.2, 0) is 19.6 Å². The standard InChI is InChI=1S/C12H14F2N4O/c1-18(7-11-16-12(5-15)19-17-11)6-8-2-3-9(13)4-10(8)14/h2-4H,5-7,15H2,1H3. The van der Waals surface area contributed by atoms with Gasteiger partial charge in [-0.25, -0.2) is 8.78 Å². The van der Waals surface area contributed by atoms with Crippen LogP contribution in [0, 0.1) is 11.6 Å². The predicted molar refractivity (Wildman–Crippen MR) is 63.7 cm³/mol. The van der Waals surface area contributed by atoms with Crippen molar-refractivity contribution in [1.82, 2.24) is 15.0 Å². The van der Waals surface area contributed by atoms with Gasteiger partial charge in [-0.3, -0.25) is 4.90 Å². The molecule has 2 aromatic rings. The zero-order chi connectivity index (χ0) is 13.8. The second-order valence-electron chi connectivity index (χ2n) is 4.22. The van der Waals surface area contributed by atoms with Crippen molar-refractivity contribution >= 4 is 0 Å². The molecule has 7 heteroatoms. The van der Waals surface area contributed by atoms with Crippen LogP contribution >= 0.6 is 0 Å². The second kappa shape index (κ2) is 5.85. The van der Waals surface area contributed by atoms with E-state index in [9.17, 15) is 8.78 Å². The van der Waals surface area contributed by atoms with Crippen LogP contribution in [0.3, 0.4) is 0 Å². The Labute approximate surface area is 109 Å². The molecule has 102 valence electrons. The molecule has 0 spiro atoms. The Hall–Kier alpha value is -1.86. The molecule has 1 heterocycles. The molecule has 0 fully saturated rings. The van der Waals surface area contributed by atoms with E-state index in [1.165, 1.54) is 12.1 Å². The van der Waals surface area contributed by atoms with E-state index in [1.54, 1.807) is 11.9 Å². The number of nitrogens with two attached hydrogens (primary N) is 1. The van der Waals surface area contributed by atoms with Gasteiger partial charge >= 0.3 is 0 Å². The summed E-state index contributed by atoms with van der Waals surface area (Å²) in [5.74, 6) is -0.320. The summed E-state index contributed by atoms with van der Waals surface area (Å²) in [6, 6.07) is 3.51. The molecule has 2 N–H and O–H groups in total. The third-order valence-corrected chi connectivity index (χ3v) is 2.55. The highest BCUT2D eigenvalue weighted by molar-refractivity contribution is 5.18. The number of benzene rings is 1. The normalized spacial score (nSPS) is 11.2. The third kappa shape index (κ3) is 3.55. The number of hydrogen-bond donors (Lipinski definition) is 1. The van der Waals surface area contributed by atoms with Crippen molar-refractivity contribution in [2.75, 3.05) is 7.05 Å². The van der Waals surface area contributed by atoms with E-state index in [4.69, 9.17) is 10.3 Å². The SMILES string of the molecule is CN(Cc1noc(CN)n1)Cc1ccc(F)cc1F. The van der Waals surface area contributed by atoms with Gasteiger partial charge in [0.25, 0.3) is 0 Å². The van der Waals surface area contributed by atoms with E-state index in [-0.39, 0.29) is 6.54 Å². The van der Waals surface area contributed by atoms with Crippen molar-refractivity contribution in [1.29, 1.82) is 0 Å². The minimum atomic E-state index is -0.588. The summed E-state index contributed by atoms with van der Waals surface area (Å²) in [5, 5.41) is 3.74. The van der Waals surface area contributed by atoms with Gasteiger partial charge in [0.15, 0.2) is 5.82 Å². The van der Waals surface area contributed by atoms with Gasteiger partial charge in [0.2, 0.25) is 5.89 Å². The molecular weight excluding hydrogens is 254 g/mol. The Morgan fingerprint density at radius 3 is 2.74 bits per heavy atom. The summed E-state index contributed by atoms with van der Waals surface area (Å²) >= 11 is 0. The maximum absolute atomic E-state index is 13.5. The van der Waals surface area contributed by atoms with Crippen LogP contribution in [0.5, 0.6) is 0 Å². The molecule has 1 aromatic heterocycles. The fourth-order valence-electron chi connectivity index (χ4n) is 1.68. The van der Waals surface area contributed by atoms with Crippen molar-refractivity contribution in [2.45, 2.75) is 19.6 Å². The topological polar surface area (TPSA) is 68.2 Å². The van der Waals surface area contributed by atoms with E-state index < -0.39 is 11.6 Å². The average molecular weight is 268 g/mol. The highest BCUT2D eigenvalue weighted by Crippen LogP contribution is 2.12. The summed E-state index contributed by atoms with van der Waals surface area (Å²) in [5.41, 5.74) is 5.77. The van der Waals surface area contributed by atoms with Crippen LogP contribution in [0.15, 0.2) is 22.7 Å². The highest BCUT2D eigenvalue weighted by atomic mass is 19.1. The summed E-state index contributed by atoms with van der Waals surface area (Å²) in [6.45, 7) is 0.891. The van der Waals surface area contributed by atoms with Crippen molar-refractivity contribution in [2.24, 2.45) is 5.73 Å². The molecule has 0 radical (unpaired) electrons. The van der Waals surface area contributed by atoms with Gasteiger partial charge in [0.1, 0.15) is 11.6 Å². The fraction of sp³-hybridized carbons (Fsp3) is 0.333. The Morgan fingerprint density at radius 2 is 2.11 bits per heavy atom. The number of rotatable bonds is 5. The lowest BCUT2D eigenvalue weighted by molar-refractivity contribution is 0.295. The van der Waals surface area contributed by atoms with E-state index in [0.717, 1.165) is 6.07 Å². The van der Waals surface area contributed by atoms with E-state index in [2.05, 4.69) is 10.1 Å². The smallest absolute Gasteiger partial charge is 0.240 e. The van der Waals surface area contributed by atoms with Crippen LogP contribution in [-0.4, -0.2) is 22.1 Å². The zero-order valence-corrected chi connectivity index (χ0v) is 10.4. The lowest BCUT2D eigenvalue weighted by Gasteiger charge is -2.14. The summed E-state index contributed by atoms with van der Waals surface area (Å²) in [4.78, 5) is 5.84. The van der Waals surface area contributed by atoms with Gasteiger partial charge in [-0.05, 0) is 13.1 Å². The monoisotopic (exact) mass is 268 g/mol. The molecule has 2 rings (SSSR count). The first-order chi connectivity index (χ1) is 9.08. The van der Waals surface area contributed by atoms with E-state index in [1.807, 2.05) is 0 Å². The number of nitrogens with zero attached hydrogens (tertiary/aromatic N) is 3. The lowest BCUT2D eigenvalue weighted by Crippen LogP contribution is -2.19. The molecule has 1 aromatic carbocycles. The van der Waals surface area contributed by atoms with E-state index in [0.29, 0.717) is 30.4 Å². The third-order valence-electron chi connectivity index (χ3n) is 2.55. The molecule has 0 atom stereocenters. The maximum atomic E-state index is 13.5. The number of halogens is 2. The lowest BCUT2D eigenvalue weighted by atomic mass is 10.2. The molecule has 19 heavy (non-hydrogen) atoms. The maximum Gasteiger partial charge on any atom is 0.240 e. The number of aromatic nitrogens is 2. The first-order valence-electron chi connectivity index (χ1n) is 5.72. The Bertz CT molecular complexity index is 558. The van der Waals surface area contributed by atoms with Gasteiger partial charge in [-0.2, -0.15) is 4.98 Å². The second-order valence-corrected chi connectivity index (χ2v) is 4.22. The molecule has 0 aliphatic heterocycles. The molecule has 5 nitrogen and oxygen atoms in total. The first-order valence-corrected chi connectivity index (χ1v) is 5.72. The highest BCUT2D eigenvalue weighted by Gasteiger charge is 2.11. The van der Waals surface area contributed by atoms with Crippen LogP contribution in [0.25, 0.3) is 0 Å². The summed E-state index contributed by atoms with van der Waals surface area (Å²) in [7, 11) is 1.78. The molecule has 0 aliphatic carbocycles. The van der Waals surface area contributed by atoms with Crippen molar-refractivity contribution in [3.8, 4) is 0 Å². The Balaban J connectivity index is 1.98. The van der Waals surface area contributed by atoms with E-state index >= 15 is 0 Å². The molecular formula is C12H14F2N4O. The molecule has 0 unspecified atom stereocenters. The average Bonchev–Trinajstić information content (AvgIpc) is 2.80. The minimum absolute atomic E-state index is 0.184. The van der Waals surface area contributed by atoms with Crippen LogP contribution in [0.4, 0.5) is 8.78 Å². The van der Waals surface area contributed by atoms with Crippen LogP contribution in [0.1, 0.15) is 17.3 Å². The molecule has 0 saturated carbocycles. The largest absolute Gasteiger partial charge is 0.338 e. The Kier molecular flexibility index (Phi) is 4.18. The Morgan fingerprint density at radius 1 is 1.32 bits per heavy atom. The van der Waals surface area contributed by atoms with Crippen LogP contribution < -0.4 is 5.73 Å². The van der Waals surface area contributed by atoms with Gasteiger partial charge in [-0.1, -0.05) is 11.2 Å². The van der Waals surface area contributed by atoms with Gasteiger partial charge in [-0.15, -0.1) is 0 Å². The first kappa shape index (κ1) is 13.6. The van der Waals surface area contributed by atoms with Crippen molar-refractivity contribution in [3.05, 3.63) is 47.1 Å².